The van der Waals surface area contributed by atoms with Crippen molar-refractivity contribution in [3.8, 4) is 5.69 Å². The number of aromatic nitrogens is 2. The van der Waals surface area contributed by atoms with Gasteiger partial charge in [-0.2, -0.15) is 16.9 Å². The molecule has 2 fully saturated rings. The highest BCUT2D eigenvalue weighted by Crippen LogP contribution is 2.35. The summed E-state index contributed by atoms with van der Waals surface area (Å²) in [7, 11) is 0. The van der Waals surface area contributed by atoms with E-state index >= 15 is 0 Å². The molecule has 0 spiro atoms. The van der Waals surface area contributed by atoms with Gasteiger partial charge in [0.05, 0.1) is 16.6 Å². The Bertz CT molecular complexity index is 720. The van der Waals surface area contributed by atoms with Gasteiger partial charge in [-0.1, -0.05) is 31.0 Å². The Balaban J connectivity index is 1.61. The monoisotopic (exact) mass is 373 g/mol. The number of carbonyl (C=O) groups excluding carboxylic acids is 1. The SMILES string of the molecule is O=C(Nc1cc(C2CCCC2)nn1-c1ccccc1)C1CSCCS1. The average Bonchev–Trinajstić information content (AvgIpc) is 3.33. The molecule has 2 aliphatic rings. The van der Waals surface area contributed by atoms with Crippen LogP contribution in [-0.4, -0.2) is 38.2 Å². The third kappa shape index (κ3) is 3.90. The number of hydrogen-bond donors (Lipinski definition) is 1. The van der Waals surface area contributed by atoms with Crippen molar-refractivity contribution in [1.82, 2.24) is 9.78 Å². The largest absolute Gasteiger partial charge is 0.310 e. The van der Waals surface area contributed by atoms with E-state index in [0.29, 0.717) is 5.92 Å². The Hall–Kier alpha value is -1.40. The molecular formula is C19H23N3OS2. The fourth-order valence-corrected chi connectivity index (χ4v) is 6.08. The van der Waals surface area contributed by atoms with Crippen LogP contribution >= 0.6 is 23.5 Å². The molecule has 4 rings (SSSR count). The summed E-state index contributed by atoms with van der Waals surface area (Å²) in [6.45, 7) is 0. The van der Waals surface area contributed by atoms with Gasteiger partial charge in [0.25, 0.3) is 0 Å². The molecule has 4 nitrogen and oxygen atoms in total. The highest BCUT2D eigenvalue weighted by molar-refractivity contribution is 8.07. The smallest absolute Gasteiger partial charge is 0.239 e. The first kappa shape index (κ1) is 17.0. The van der Waals surface area contributed by atoms with Crippen molar-refractivity contribution in [2.45, 2.75) is 36.9 Å². The molecule has 25 heavy (non-hydrogen) atoms. The molecule has 2 heterocycles. The van der Waals surface area contributed by atoms with Crippen LogP contribution < -0.4 is 5.32 Å². The van der Waals surface area contributed by atoms with Crippen LogP contribution in [0, 0.1) is 0 Å². The molecule has 132 valence electrons. The zero-order valence-corrected chi connectivity index (χ0v) is 15.8. The molecule has 0 radical (unpaired) electrons. The van der Waals surface area contributed by atoms with Gasteiger partial charge in [0, 0.05) is 29.2 Å². The Morgan fingerprint density at radius 2 is 1.96 bits per heavy atom. The van der Waals surface area contributed by atoms with Crippen molar-refractivity contribution in [3.63, 3.8) is 0 Å². The lowest BCUT2D eigenvalue weighted by atomic mass is 10.0. The predicted molar refractivity (Wildman–Crippen MR) is 107 cm³/mol. The minimum atomic E-state index is 0.0350. The summed E-state index contributed by atoms with van der Waals surface area (Å²) in [6, 6.07) is 12.2. The van der Waals surface area contributed by atoms with Crippen LogP contribution in [0.25, 0.3) is 5.69 Å². The van der Waals surface area contributed by atoms with E-state index in [0.717, 1.165) is 34.5 Å². The van der Waals surface area contributed by atoms with Gasteiger partial charge in [0.1, 0.15) is 5.82 Å². The van der Waals surface area contributed by atoms with Gasteiger partial charge in [-0.05, 0) is 25.0 Å². The van der Waals surface area contributed by atoms with Gasteiger partial charge in [0.15, 0.2) is 0 Å². The summed E-state index contributed by atoms with van der Waals surface area (Å²) in [5.74, 6) is 4.52. The standard InChI is InChI=1S/C19H23N3OS2/c23-19(17-13-24-10-11-25-17)20-18-12-16(14-6-4-5-7-14)21-22(18)15-8-2-1-3-9-15/h1-3,8-9,12,14,17H,4-7,10-11,13H2,(H,20,23). The molecule has 0 bridgehead atoms. The predicted octanol–water partition coefficient (Wildman–Crippen LogP) is 4.32. The average molecular weight is 374 g/mol. The van der Waals surface area contributed by atoms with Crippen molar-refractivity contribution < 1.29 is 4.79 Å². The van der Waals surface area contributed by atoms with E-state index in [9.17, 15) is 4.79 Å². The van der Waals surface area contributed by atoms with Crippen LogP contribution in [0.4, 0.5) is 5.82 Å². The van der Waals surface area contributed by atoms with Crippen molar-refractivity contribution in [2.24, 2.45) is 0 Å². The van der Waals surface area contributed by atoms with E-state index in [2.05, 4.69) is 11.4 Å². The third-order valence-corrected chi connectivity index (χ3v) is 7.62. The maximum atomic E-state index is 12.7. The summed E-state index contributed by atoms with van der Waals surface area (Å²) in [5.41, 5.74) is 2.11. The first-order valence-electron chi connectivity index (χ1n) is 8.97. The Labute approximate surface area is 157 Å². The molecule has 1 unspecified atom stereocenters. The molecule has 1 saturated carbocycles. The number of rotatable bonds is 4. The van der Waals surface area contributed by atoms with Gasteiger partial charge < -0.3 is 5.32 Å². The number of thioether (sulfide) groups is 2. The highest BCUT2D eigenvalue weighted by Gasteiger charge is 2.26. The molecule has 1 aromatic heterocycles. The van der Waals surface area contributed by atoms with E-state index in [1.807, 2.05) is 46.8 Å². The van der Waals surface area contributed by atoms with Crippen LogP contribution in [0.2, 0.25) is 0 Å². The normalized spacial score (nSPS) is 21.4. The van der Waals surface area contributed by atoms with Gasteiger partial charge in [-0.3, -0.25) is 4.79 Å². The van der Waals surface area contributed by atoms with Gasteiger partial charge in [0.2, 0.25) is 5.91 Å². The molecule has 1 aliphatic carbocycles. The third-order valence-electron chi connectivity index (χ3n) is 4.86. The molecular weight excluding hydrogens is 350 g/mol. The Morgan fingerprint density at radius 3 is 2.68 bits per heavy atom. The molecule has 2 aromatic rings. The van der Waals surface area contributed by atoms with E-state index in [1.165, 1.54) is 25.7 Å². The summed E-state index contributed by atoms with van der Waals surface area (Å²) < 4.78 is 1.90. The number of para-hydroxylation sites is 1. The highest BCUT2D eigenvalue weighted by atomic mass is 32.2. The number of carbonyl (C=O) groups is 1. The maximum absolute atomic E-state index is 12.7. The van der Waals surface area contributed by atoms with Crippen molar-refractivity contribution in [1.29, 1.82) is 0 Å². The van der Waals surface area contributed by atoms with Gasteiger partial charge in [-0.15, -0.1) is 11.8 Å². The fraction of sp³-hybridized carbons (Fsp3) is 0.474. The summed E-state index contributed by atoms with van der Waals surface area (Å²) >= 11 is 3.63. The maximum Gasteiger partial charge on any atom is 0.239 e. The minimum Gasteiger partial charge on any atom is -0.310 e. The molecule has 1 atom stereocenters. The van der Waals surface area contributed by atoms with E-state index < -0.39 is 0 Å². The van der Waals surface area contributed by atoms with Crippen LogP contribution in [0.15, 0.2) is 36.4 Å². The quantitative estimate of drug-likeness (QED) is 0.867. The first-order chi connectivity index (χ1) is 12.3. The molecule has 1 aromatic carbocycles. The number of benzene rings is 1. The topological polar surface area (TPSA) is 46.9 Å². The molecule has 1 aliphatic heterocycles. The zero-order chi connectivity index (χ0) is 17.1. The van der Waals surface area contributed by atoms with Crippen molar-refractivity contribution in [2.75, 3.05) is 22.6 Å². The Kier molecular flexibility index (Phi) is 5.36. The second-order valence-corrected chi connectivity index (χ2v) is 9.07. The molecule has 1 amide bonds. The fourth-order valence-electron chi connectivity index (χ4n) is 3.52. The van der Waals surface area contributed by atoms with Crippen LogP contribution in [0.5, 0.6) is 0 Å². The van der Waals surface area contributed by atoms with E-state index in [4.69, 9.17) is 5.10 Å². The number of anilines is 1. The summed E-state index contributed by atoms with van der Waals surface area (Å²) in [6.07, 6.45) is 4.96. The number of hydrogen-bond acceptors (Lipinski definition) is 4. The van der Waals surface area contributed by atoms with Crippen LogP contribution in [-0.2, 0) is 4.79 Å². The Morgan fingerprint density at radius 1 is 1.16 bits per heavy atom. The lowest BCUT2D eigenvalue weighted by Gasteiger charge is -2.20. The number of amides is 1. The molecule has 1 saturated heterocycles. The van der Waals surface area contributed by atoms with Crippen LogP contribution in [0.3, 0.4) is 0 Å². The van der Waals surface area contributed by atoms with Crippen molar-refractivity contribution in [3.05, 3.63) is 42.1 Å². The number of nitrogens with one attached hydrogen (secondary N) is 1. The van der Waals surface area contributed by atoms with E-state index in [1.54, 1.807) is 11.8 Å². The lowest BCUT2D eigenvalue weighted by Crippen LogP contribution is -2.30. The van der Waals surface area contributed by atoms with E-state index in [-0.39, 0.29) is 11.2 Å². The zero-order valence-electron chi connectivity index (χ0n) is 14.2. The van der Waals surface area contributed by atoms with Crippen molar-refractivity contribution >= 4 is 35.2 Å². The van der Waals surface area contributed by atoms with Crippen LogP contribution in [0.1, 0.15) is 37.3 Å². The number of nitrogens with zero attached hydrogens (tertiary/aromatic N) is 2. The summed E-state index contributed by atoms with van der Waals surface area (Å²) in [4.78, 5) is 12.7. The first-order valence-corrected chi connectivity index (χ1v) is 11.2. The van der Waals surface area contributed by atoms with Gasteiger partial charge in [-0.25, -0.2) is 4.68 Å². The molecule has 1 N–H and O–H groups in total. The second-order valence-electron chi connectivity index (χ2n) is 6.61. The summed E-state index contributed by atoms with van der Waals surface area (Å²) in [5, 5.41) is 8.04. The molecule has 6 heteroatoms. The minimum absolute atomic E-state index is 0.0350. The van der Waals surface area contributed by atoms with Gasteiger partial charge >= 0.3 is 0 Å². The lowest BCUT2D eigenvalue weighted by molar-refractivity contribution is -0.115. The second kappa shape index (κ2) is 7.87.